The van der Waals surface area contributed by atoms with Gasteiger partial charge in [-0.05, 0) is 6.42 Å². The molecule has 1 atom stereocenters. The zero-order valence-electron chi connectivity index (χ0n) is 11.9. The first-order valence-electron chi connectivity index (χ1n) is 6.38. The molecular weight excluding hydrogens is 280 g/mol. The van der Waals surface area contributed by atoms with E-state index in [4.69, 9.17) is 14.6 Å². The molecule has 1 rings (SSSR count). The van der Waals surface area contributed by atoms with Crippen LogP contribution in [0.1, 0.15) is 13.3 Å². The summed E-state index contributed by atoms with van der Waals surface area (Å²) in [6.07, 6.45) is 0.757. The van der Waals surface area contributed by atoms with Gasteiger partial charge in [0.05, 0.1) is 24.2 Å². The summed E-state index contributed by atoms with van der Waals surface area (Å²) in [5.74, 6) is -0.797. The molecule has 8 nitrogen and oxygen atoms in total. The highest BCUT2D eigenvalue weighted by molar-refractivity contribution is 5.78. The lowest BCUT2D eigenvalue weighted by Gasteiger charge is -2.15. The number of nitrogens with one attached hydrogen (secondary N) is 1. The minimum absolute atomic E-state index is 0.0663. The van der Waals surface area contributed by atoms with Gasteiger partial charge in [-0.1, -0.05) is 6.92 Å². The first-order valence-corrected chi connectivity index (χ1v) is 6.38. The summed E-state index contributed by atoms with van der Waals surface area (Å²) in [5, 5.41) is 22.6. The molecule has 1 aromatic rings. The molecule has 0 aliphatic heterocycles. The molecule has 0 radical (unpaired) electrons. The lowest BCUT2D eigenvalue weighted by Crippen LogP contribution is -2.33. The first-order chi connectivity index (χ1) is 9.97. The molecule has 0 heterocycles. The Morgan fingerprint density at radius 1 is 1.48 bits per heavy atom. The molecule has 116 valence electrons. The van der Waals surface area contributed by atoms with Crippen molar-refractivity contribution in [1.29, 1.82) is 0 Å². The first kappa shape index (κ1) is 16.7. The summed E-state index contributed by atoms with van der Waals surface area (Å²) in [4.78, 5) is 21.4. The number of carboxylic acid groups (broad SMARTS) is 1. The molecule has 0 aliphatic carbocycles. The van der Waals surface area contributed by atoms with Crippen molar-refractivity contribution in [3.8, 4) is 5.75 Å². The fraction of sp³-hybridized carbons (Fsp3) is 0.462. The number of non-ortho nitro benzene ring substituents is 1. The second kappa shape index (κ2) is 8.05. The molecule has 0 bridgehead atoms. The smallest absolute Gasteiger partial charge is 0.328 e. The number of nitrogens with zero attached hydrogens (tertiary/aromatic N) is 1. The predicted molar refractivity (Wildman–Crippen MR) is 75.8 cm³/mol. The Morgan fingerprint density at radius 3 is 2.71 bits per heavy atom. The lowest BCUT2D eigenvalue weighted by molar-refractivity contribution is -0.384. The second-order valence-corrected chi connectivity index (χ2v) is 4.31. The number of ether oxygens (including phenoxy) is 2. The molecule has 1 unspecified atom stereocenters. The third-order valence-corrected chi connectivity index (χ3v) is 2.55. The number of benzene rings is 1. The number of aliphatic carboxylic acids is 1. The third kappa shape index (κ3) is 5.27. The molecule has 0 spiro atoms. The Kier molecular flexibility index (Phi) is 6.41. The van der Waals surface area contributed by atoms with E-state index in [1.54, 1.807) is 0 Å². The second-order valence-electron chi connectivity index (χ2n) is 4.31. The molecule has 0 aromatic heterocycles. The van der Waals surface area contributed by atoms with Crippen molar-refractivity contribution in [2.24, 2.45) is 0 Å². The number of hydrogen-bond donors (Lipinski definition) is 2. The van der Waals surface area contributed by atoms with Crippen molar-refractivity contribution < 1.29 is 24.3 Å². The monoisotopic (exact) mass is 298 g/mol. The minimum atomic E-state index is -1.11. The van der Waals surface area contributed by atoms with Crippen LogP contribution in [0.5, 0.6) is 5.75 Å². The van der Waals surface area contributed by atoms with Crippen LogP contribution in [0.4, 0.5) is 11.4 Å². The highest BCUT2D eigenvalue weighted by Gasteiger charge is 2.19. The highest BCUT2D eigenvalue weighted by Crippen LogP contribution is 2.26. The number of anilines is 1. The van der Waals surface area contributed by atoms with Crippen molar-refractivity contribution in [1.82, 2.24) is 0 Å². The SMILES string of the molecule is CCCOc1cc(NC(COC)C(=O)O)cc([N+](=O)[O-])c1. The van der Waals surface area contributed by atoms with Gasteiger partial charge in [-0.15, -0.1) is 0 Å². The molecule has 0 saturated carbocycles. The maximum Gasteiger partial charge on any atom is 0.328 e. The molecule has 0 amide bonds. The lowest BCUT2D eigenvalue weighted by atomic mass is 10.2. The summed E-state index contributed by atoms with van der Waals surface area (Å²) in [6.45, 7) is 2.26. The van der Waals surface area contributed by atoms with Gasteiger partial charge in [0, 0.05) is 24.9 Å². The summed E-state index contributed by atoms with van der Waals surface area (Å²) < 4.78 is 10.2. The normalized spacial score (nSPS) is 11.7. The standard InChI is InChI=1S/C13H18N2O6/c1-3-4-21-11-6-9(5-10(7-11)15(18)19)14-12(8-20-2)13(16)17/h5-7,12,14H,3-4,8H2,1-2H3,(H,16,17). The number of carboxylic acids is 1. The Morgan fingerprint density at radius 2 is 2.19 bits per heavy atom. The average molecular weight is 298 g/mol. The van der Waals surface area contributed by atoms with Crippen LogP contribution in [0, 0.1) is 10.1 Å². The third-order valence-electron chi connectivity index (χ3n) is 2.55. The van der Waals surface area contributed by atoms with Crippen LogP contribution in [0.15, 0.2) is 18.2 Å². The Bertz CT molecular complexity index is 505. The summed E-state index contributed by atoms with van der Waals surface area (Å²) >= 11 is 0. The van der Waals surface area contributed by atoms with Crippen LogP contribution in [-0.4, -0.2) is 42.4 Å². The summed E-state index contributed by atoms with van der Waals surface area (Å²) in [7, 11) is 1.38. The van der Waals surface area contributed by atoms with Crippen molar-refractivity contribution >= 4 is 17.3 Å². The van der Waals surface area contributed by atoms with Gasteiger partial charge in [-0.2, -0.15) is 0 Å². The van der Waals surface area contributed by atoms with Crippen LogP contribution < -0.4 is 10.1 Å². The minimum Gasteiger partial charge on any atom is -0.493 e. The van der Waals surface area contributed by atoms with E-state index in [1.807, 2.05) is 6.92 Å². The fourth-order valence-electron chi connectivity index (χ4n) is 1.62. The van der Waals surface area contributed by atoms with E-state index < -0.39 is 16.9 Å². The maximum absolute atomic E-state index is 11.1. The van der Waals surface area contributed by atoms with Crippen LogP contribution in [0.2, 0.25) is 0 Å². The van der Waals surface area contributed by atoms with E-state index in [0.717, 1.165) is 6.42 Å². The Labute approximate surface area is 121 Å². The zero-order chi connectivity index (χ0) is 15.8. The molecule has 8 heteroatoms. The van der Waals surface area contributed by atoms with E-state index >= 15 is 0 Å². The summed E-state index contributed by atoms with van der Waals surface area (Å²) in [6, 6.07) is 3.07. The number of methoxy groups -OCH3 is 1. The predicted octanol–water partition coefficient (Wildman–Crippen LogP) is 1.90. The molecular formula is C13H18N2O6. The van der Waals surface area contributed by atoms with E-state index in [-0.39, 0.29) is 12.3 Å². The van der Waals surface area contributed by atoms with Crippen LogP contribution >= 0.6 is 0 Å². The Hall–Kier alpha value is -2.35. The summed E-state index contributed by atoms with van der Waals surface area (Å²) in [5.41, 5.74) is 0.118. The van der Waals surface area contributed by atoms with Crippen molar-refractivity contribution in [3.05, 3.63) is 28.3 Å². The molecule has 2 N–H and O–H groups in total. The molecule has 0 saturated heterocycles. The van der Waals surface area contributed by atoms with Gasteiger partial charge in [0.25, 0.3) is 5.69 Å². The van der Waals surface area contributed by atoms with E-state index in [9.17, 15) is 14.9 Å². The van der Waals surface area contributed by atoms with Gasteiger partial charge < -0.3 is 19.9 Å². The largest absolute Gasteiger partial charge is 0.493 e. The van der Waals surface area contributed by atoms with Gasteiger partial charge in [-0.3, -0.25) is 10.1 Å². The zero-order valence-corrected chi connectivity index (χ0v) is 11.9. The van der Waals surface area contributed by atoms with Gasteiger partial charge >= 0.3 is 5.97 Å². The quantitative estimate of drug-likeness (QED) is 0.529. The number of nitro benzene ring substituents is 1. The topological polar surface area (TPSA) is 111 Å². The Balaban J connectivity index is 3.00. The maximum atomic E-state index is 11.1. The average Bonchev–Trinajstić information content (AvgIpc) is 2.44. The molecule has 0 aliphatic rings. The number of hydrogen-bond acceptors (Lipinski definition) is 6. The van der Waals surface area contributed by atoms with Crippen LogP contribution in [0.25, 0.3) is 0 Å². The van der Waals surface area contributed by atoms with Crippen molar-refractivity contribution in [2.45, 2.75) is 19.4 Å². The van der Waals surface area contributed by atoms with E-state index in [0.29, 0.717) is 18.0 Å². The number of carbonyl (C=O) groups is 1. The highest BCUT2D eigenvalue weighted by atomic mass is 16.6. The van der Waals surface area contributed by atoms with Gasteiger partial charge in [0.1, 0.15) is 11.8 Å². The van der Waals surface area contributed by atoms with Crippen molar-refractivity contribution in [2.75, 3.05) is 25.6 Å². The molecule has 1 aromatic carbocycles. The fourth-order valence-corrected chi connectivity index (χ4v) is 1.62. The van der Waals surface area contributed by atoms with E-state index in [2.05, 4.69) is 5.32 Å². The van der Waals surface area contributed by atoms with Gasteiger partial charge in [0.2, 0.25) is 0 Å². The van der Waals surface area contributed by atoms with E-state index in [1.165, 1.54) is 25.3 Å². The molecule has 21 heavy (non-hydrogen) atoms. The van der Waals surface area contributed by atoms with Crippen LogP contribution in [0.3, 0.4) is 0 Å². The van der Waals surface area contributed by atoms with Crippen LogP contribution in [-0.2, 0) is 9.53 Å². The van der Waals surface area contributed by atoms with Gasteiger partial charge in [0.15, 0.2) is 0 Å². The molecule has 0 fully saturated rings. The number of nitro groups is 1. The van der Waals surface area contributed by atoms with Gasteiger partial charge in [-0.25, -0.2) is 4.79 Å². The number of rotatable bonds is 9. The van der Waals surface area contributed by atoms with Crippen molar-refractivity contribution in [3.63, 3.8) is 0 Å².